The quantitative estimate of drug-likeness (QED) is 0.481. The third-order valence-corrected chi connectivity index (χ3v) is 3.36. The minimum Gasteiger partial charge on any atom is -0.479 e. The largest absolute Gasteiger partial charge is 0.479 e. The van der Waals surface area contributed by atoms with Crippen LogP contribution in [0.1, 0.15) is 6.92 Å². The van der Waals surface area contributed by atoms with Gasteiger partial charge in [0.05, 0.1) is 13.2 Å². The number of halogens is 1. The summed E-state index contributed by atoms with van der Waals surface area (Å²) in [6.07, 6.45) is -0.891. The maximum absolute atomic E-state index is 10.7. The molecule has 0 aliphatic carbocycles. The highest BCUT2D eigenvalue weighted by molar-refractivity contribution is 6.30. The number of rotatable bonds is 9. The summed E-state index contributed by atoms with van der Waals surface area (Å²) >= 11 is 5.79. The van der Waals surface area contributed by atoms with Crippen LogP contribution in [0.25, 0.3) is 0 Å². The first-order valence-electron chi connectivity index (χ1n) is 8.31. The van der Waals surface area contributed by atoms with E-state index in [9.17, 15) is 4.79 Å². The fourth-order valence-corrected chi connectivity index (χ4v) is 1.89. The van der Waals surface area contributed by atoms with Crippen LogP contribution >= 0.6 is 11.6 Å². The molecule has 1 unspecified atom stereocenters. The molecule has 0 aromatic heterocycles. The number of aliphatic hydroxyl groups is 2. The van der Waals surface area contributed by atoms with Crippen LogP contribution in [0, 0.1) is 0 Å². The van der Waals surface area contributed by atoms with E-state index in [0.29, 0.717) is 35.4 Å². The molecule has 27 heavy (non-hydrogen) atoms. The zero-order valence-corrected chi connectivity index (χ0v) is 15.7. The lowest BCUT2D eigenvalue weighted by Gasteiger charge is -2.11. The highest BCUT2D eigenvalue weighted by atomic mass is 35.5. The standard InChI is InChI=1S/C15H13ClO4.C4H11NO2/c1-10(15(17)18)19-12-6-8-14(9-7-12)20-13-4-2-11(16)3-5-13;6-3-1-5-2-4-7/h2-10H,1H3,(H,17,18);5-7H,1-4H2. The Morgan fingerprint density at radius 3 is 1.85 bits per heavy atom. The van der Waals surface area contributed by atoms with Crippen molar-refractivity contribution in [1.29, 1.82) is 0 Å². The monoisotopic (exact) mass is 397 g/mol. The molecule has 1 atom stereocenters. The van der Waals surface area contributed by atoms with Gasteiger partial charge in [0.25, 0.3) is 0 Å². The minimum absolute atomic E-state index is 0.139. The van der Waals surface area contributed by atoms with Crippen LogP contribution in [0.4, 0.5) is 0 Å². The number of carboxylic acid groups (broad SMARTS) is 1. The Labute approximate surface area is 163 Å². The summed E-state index contributed by atoms with van der Waals surface area (Å²) in [6, 6.07) is 13.7. The van der Waals surface area contributed by atoms with Gasteiger partial charge in [0.1, 0.15) is 17.2 Å². The molecule has 7 nitrogen and oxygen atoms in total. The molecule has 148 valence electrons. The molecule has 0 fully saturated rings. The van der Waals surface area contributed by atoms with Gasteiger partial charge in [-0.1, -0.05) is 11.6 Å². The lowest BCUT2D eigenvalue weighted by molar-refractivity contribution is -0.144. The summed E-state index contributed by atoms with van der Waals surface area (Å²) < 4.78 is 10.8. The van der Waals surface area contributed by atoms with E-state index in [4.69, 9.17) is 36.4 Å². The summed E-state index contributed by atoms with van der Waals surface area (Å²) in [7, 11) is 0. The summed E-state index contributed by atoms with van der Waals surface area (Å²) in [5.74, 6) is 0.763. The average Bonchev–Trinajstić information content (AvgIpc) is 2.66. The van der Waals surface area contributed by atoms with Crippen LogP contribution in [0.2, 0.25) is 5.02 Å². The number of ether oxygens (including phenoxy) is 2. The van der Waals surface area contributed by atoms with Gasteiger partial charge in [-0.15, -0.1) is 0 Å². The van der Waals surface area contributed by atoms with Gasteiger partial charge in [-0.2, -0.15) is 0 Å². The van der Waals surface area contributed by atoms with Crippen LogP contribution in [-0.2, 0) is 4.79 Å². The average molecular weight is 398 g/mol. The van der Waals surface area contributed by atoms with E-state index >= 15 is 0 Å². The van der Waals surface area contributed by atoms with Crippen LogP contribution < -0.4 is 14.8 Å². The molecule has 0 amide bonds. The predicted octanol–water partition coefficient (Wildman–Crippen LogP) is 2.54. The Hall–Kier alpha value is -2.32. The Morgan fingerprint density at radius 1 is 0.963 bits per heavy atom. The van der Waals surface area contributed by atoms with Gasteiger partial charge in [-0.25, -0.2) is 4.79 Å². The number of carboxylic acids is 1. The molecule has 0 radical (unpaired) electrons. The van der Waals surface area contributed by atoms with Gasteiger partial charge in [-0.05, 0) is 55.5 Å². The lowest BCUT2D eigenvalue weighted by atomic mass is 10.3. The molecular formula is C19H24ClNO6. The van der Waals surface area contributed by atoms with Crippen molar-refractivity contribution in [2.45, 2.75) is 13.0 Å². The molecular weight excluding hydrogens is 374 g/mol. The van der Waals surface area contributed by atoms with Gasteiger partial charge in [0.2, 0.25) is 0 Å². The van der Waals surface area contributed by atoms with Gasteiger partial charge < -0.3 is 30.1 Å². The van der Waals surface area contributed by atoms with Crippen molar-refractivity contribution in [1.82, 2.24) is 5.32 Å². The van der Waals surface area contributed by atoms with Crippen molar-refractivity contribution in [3.63, 3.8) is 0 Å². The molecule has 0 aliphatic rings. The van der Waals surface area contributed by atoms with Crippen molar-refractivity contribution < 1.29 is 29.6 Å². The van der Waals surface area contributed by atoms with E-state index in [0.717, 1.165) is 0 Å². The molecule has 2 aromatic carbocycles. The van der Waals surface area contributed by atoms with Crippen molar-refractivity contribution in [3.8, 4) is 17.2 Å². The number of benzene rings is 2. The van der Waals surface area contributed by atoms with Crippen molar-refractivity contribution in [2.24, 2.45) is 0 Å². The Bertz CT molecular complexity index is 659. The topological polar surface area (TPSA) is 108 Å². The fraction of sp³-hybridized carbons (Fsp3) is 0.316. The highest BCUT2D eigenvalue weighted by Crippen LogP contribution is 2.25. The second-order valence-corrected chi connectivity index (χ2v) is 5.76. The molecule has 2 rings (SSSR count). The van der Waals surface area contributed by atoms with E-state index in [-0.39, 0.29) is 13.2 Å². The minimum atomic E-state index is -1.01. The molecule has 4 N–H and O–H groups in total. The van der Waals surface area contributed by atoms with Gasteiger partial charge >= 0.3 is 5.97 Å². The van der Waals surface area contributed by atoms with Crippen LogP contribution in [-0.4, -0.2) is 53.7 Å². The van der Waals surface area contributed by atoms with Gasteiger partial charge in [0.15, 0.2) is 6.10 Å². The van der Waals surface area contributed by atoms with Gasteiger partial charge in [-0.3, -0.25) is 0 Å². The molecule has 2 aromatic rings. The lowest BCUT2D eigenvalue weighted by Crippen LogP contribution is -2.22. The third kappa shape index (κ3) is 9.81. The Morgan fingerprint density at radius 2 is 1.41 bits per heavy atom. The van der Waals surface area contributed by atoms with Crippen LogP contribution in [0.15, 0.2) is 48.5 Å². The number of nitrogens with one attached hydrogen (secondary N) is 1. The zero-order chi connectivity index (χ0) is 20.1. The van der Waals surface area contributed by atoms with Crippen molar-refractivity contribution in [3.05, 3.63) is 53.6 Å². The number of hydrogen-bond acceptors (Lipinski definition) is 6. The Kier molecular flexibility index (Phi) is 10.9. The second-order valence-electron chi connectivity index (χ2n) is 5.32. The molecule has 0 saturated carbocycles. The van der Waals surface area contributed by atoms with E-state index in [2.05, 4.69) is 5.32 Å². The van der Waals surface area contributed by atoms with E-state index in [1.54, 1.807) is 48.5 Å². The van der Waals surface area contributed by atoms with E-state index in [1.165, 1.54) is 6.92 Å². The molecule has 0 aliphatic heterocycles. The highest BCUT2D eigenvalue weighted by Gasteiger charge is 2.12. The fourth-order valence-electron chi connectivity index (χ4n) is 1.76. The Balaban J connectivity index is 0.000000445. The summed E-state index contributed by atoms with van der Waals surface area (Å²) in [4.78, 5) is 10.7. The summed E-state index contributed by atoms with van der Waals surface area (Å²) in [5, 5.41) is 28.5. The number of aliphatic carboxylic acids is 1. The van der Waals surface area contributed by atoms with Crippen molar-refractivity contribution in [2.75, 3.05) is 26.3 Å². The maximum Gasteiger partial charge on any atom is 0.344 e. The molecule has 0 saturated heterocycles. The van der Waals surface area contributed by atoms with Crippen LogP contribution in [0.3, 0.4) is 0 Å². The predicted molar refractivity (Wildman–Crippen MR) is 103 cm³/mol. The van der Waals surface area contributed by atoms with E-state index in [1.807, 2.05) is 0 Å². The first-order chi connectivity index (χ1) is 13.0. The van der Waals surface area contributed by atoms with Gasteiger partial charge in [0, 0.05) is 18.1 Å². The first-order valence-corrected chi connectivity index (χ1v) is 8.69. The smallest absolute Gasteiger partial charge is 0.344 e. The first kappa shape index (κ1) is 22.7. The molecule has 8 heteroatoms. The summed E-state index contributed by atoms with van der Waals surface area (Å²) in [6.45, 7) is 2.89. The number of hydrogen-bond donors (Lipinski definition) is 4. The molecule has 0 heterocycles. The van der Waals surface area contributed by atoms with Crippen LogP contribution in [0.5, 0.6) is 17.2 Å². The SMILES string of the molecule is CC(Oc1ccc(Oc2ccc(Cl)cc2)cc1)C(=O)O.OCCNCCO. The number of carbonyl (C=O) groups is 1. The van der Waals surface area contributed by atoms with E-state index < -0.39 is 12.1 Å². The molecule has 0 spiro atoms. The summed E-state index contributed by atoms with van der Waals surface area (Å²) in [5.41, 5.74) is 0. The number of aliphatic hydroxyl groups excluding tert-OH is 2. The second kappa shape index (κ2) is 12.9. The third-order valence-electron chi connectivity index (χ3n) is 3.11. The zero-order valence-electron chi connectivity index (χ0n) is 15.0. The maximum atomic E-state index is 10.7. The van der Waals surface area contributed by atoms with Crippen molar-refractivity contribution >= 4 is 17.6 Å². The normalized spacial score (nSPS) is 11.1. The molecule has 0 bridgehead atoms.